The monoisotopic (exact) mass is 619 g/mol. The van der Waals surface area contributed by atoms with Crippen molar-refractivity contribution in [1.29, 1.82) is 10.8 Å². The smallest absolute Gasteiger partial charge is 0.164 e. The normalized spacial score (nSPS) is 12.7. The van der Waals surface area contributed by atoms with Crippen molar-refractivity contribution in [3.8, 4) is 45.3 Å². The topological polar surface area (TPSA) is 86.4 Å². The highest BCUT2D eigenvalue weighted by Crippen LogP contribution is 2.37. The summed E-state index contributed by atoms with van der Waals surface area (Å²) in [5, 5.41) is 21.4. The number of allylic oxidation sites excluding steroid dienone is 1. The molecule has 9 rings (SSSR count). The summed E-state index contributed by atoms with van der Waals surface area (Å²) in [5.41, 5.74) is 6.98. The van der Waals surface area contributed by atoms with Crippen molar-refractivity contribution in [1.82, 2.24) is 15.0 Å². The number of rotatable bonds is 4. The van der Waals surface area contributed by atoms with Crippen LogP contribution in [0.15, 0.2) is 133 Å². The molecule has 47 heavy (non-hydrogen) atoms. The fourth-order valence-corrected chi connectivity index (χ4v) is 7.53. The minimum absolute atomic E-state index is 0.204. The van der Waals surface area contributed by atoms with Crippen LogP contribution in [0.1, 0.15) is 11.1 Å². The van der Waals surface area contributed by atoms with E-state index in [1.165, 1.54) is 20.2 Å². The molecular weight excluding hydrogens is 595 g/mol. The molecule has 0 radical (unpaired) electrons. The lowest BCUT2D eigenvalue weighted by Gasteiger charge is -2.16. The van der Waals surface area contributed by atoms with Crippen LogP contribution in [0.2, 0.25) is 0 Å². The first-order valence-electron chi connectivity index (χ1n) is 15.4. The van der Waals surface area contributed by atoms with Gasteiger partial charge in [-0.2, -0.15) is 0 Å². The van der Waals surface area contributed by atoms with E-state index in [9.17, 15) is 0 Å². The highest BCUT2D eigenvalue weighted by Gasteiger charge is 2.20. The Hall–Kier alpha value is -6.11. The molecule has 0 saturated carbocycles. The van der Waals surface area contributed by atoms with Crippen LogP contribution in [-0.2, 0) is 0 Å². The number of thiophene rings is 1. The van der Waals surface area contributed by atoms with E-state index in [1.54, 1.807) is 17.4 Å². The standard InChI is InChI=1S/C41H25N5S/c42-34-20-18-26-15-13-25-14-16-29(22-33(25)37(26)38(34)43)40-44-39(28-10-6-9-27(21-28)24-7-2-1-3-8-24)45-41(46-40)30-17-19-32-31-11-4-5-12-35(31)47-36(32)23-30/h1-23,42-43H. The molecule has 5 nitrogen and oxygen atoms in total. The lowest BCUT2D eigenvalue weighted by Crippen LogP contribution is -2.16. The predicted molar refractivity (Wildman–Crippen MR) is 196 cm³/mol. The molecule has 0 atom stereocenters. The zero-order chi connectivity index (χ0) is 31.5. The Morgan fingerprint density at radius 3 is 1.91 bits per heavy atom. The average Bonchev–Trinajstić information content (AvgIpc) is 3.51. The summed E-state index contributed by atoms with van der Waals surface area (Å²) in [6, 6.07) is 43.8. The molecule has 0 bridgehead atoms. The number of benzene rings is 6. The predicted octanol–water partition coefficient (Wildman–Crippen LogP) is 10.5. The molecule has 1 aliphatic rings. The van der Waals surface area contributed by atoms with Gasteiger partial charge in [0, 0.05) is 42.4 Å². The third kappa shape index (κ3) is 4.66. The Balaban J connectivity index is 1.25. The van der Waals surface area contributed by atoms with E-state index in [0.717, 1.165) is 49.7 Å². The van der Waals surface area contributed by atoms with Crippen LogP contribution in [0.25, 0.3) is 82.3 Å². The van der Waals surface area contributed by atoms with Gasteiger partial charge in [-0.25, -0.2) is 15.0 Å². The van der Waals surface area contributed by atoms with E-state index in [1.807, 2.05) is 60.7 Å². The van der Waals surface area contributed by atoms with Gasteiger partial charge in [0.25, 0.3) is 0 Å². The number of nitrogens with zero attached hydrogens (tertiary/aromatic N) is 3. The molecule has 0 unspecified atom stereocenters. The van der Waals surface area contributed by atoms with E-state index >= 15 is 0 Å². The zero-order valence-corrected chi connectivity index (χ0v) is 25.8. The van der Waals surface area contributed by atoms with Crippen LogP contribution in [-0.4, -0.2) is 26.4 Å². The van der Waals surface area contributed by atoms with Crippen molar-refractivity contribution in [2.24, 2.45) is 0 Å². The van der Waals surface area contributed by atoms with E-state index in [4.69, 9.17) is 25.8 Å². The molecule has 1 aliphatic carbocycles. The molecule has 0 saturated heterocycles. The summed E-state index contributed by atoms with van der Waals surface area (Å²) in [5.74, 6) is 1.74. The lowest BCUT2D eigenvalue weighted by molar-refractivity contribution is 1.08. The van der Waals surface area contributed by atoms with Crippen molar-refractivity contribution >= 4 is 59.8 Å². The number of nitrogens with one attached hydrogen (secondary N) is 2. The number of fused-ring (bicyclic) bond motifs is 6. The number of hydrogen-bond donors (Lipinski definition) is 2. The van der Waals surface area contributed by atoms with E-state index in [0.29, 0.717) is 17.5 Å². The molecule has 6 aromatic carbocycles. The summed E-state index contributed by atoms with van der Waals surface area (Å²) < 4.78 is 2.44. The van der Waals surface area contributed by atoms with E-state index in [-0.39, 0.29) is 11.4 Å². The zero-order valence-electron chi connectivity index (χ0n) is 25.0. The van der Waals surface area contributed by atoms with E-state index in [2.05, 4.69) is 72.8 Å². The van der Waals surface area contributed by atoms with Gasteiger partial charge in [0.05, 0.1) is 11.4 Å². The Kier molecular flexibility index (Phi) is 6.23. The van der Waals surface area contributed by atoms with Crippen LogP contribution >= 0.6 is 11.3 Å². The second kappa shape index (κ2) is 10.8. The van der Waals surface area contributed by atoms with Crippen LogP contribution in [0, 0.1) is 10.8 Å². The van der Waals surface area contributed by atoms with Crippen molar-refractivity contribution in [3.63, 3.8) is 0 Å². The molecule has 2 heterocycles. The molecule has 2 aromatic heterocycles. The third-order valence-electron chi connectivity index (χ3n) is 8.76. The quantitative estimate of drug-likeness (QED) is 0.205. The maximum Gasteiger partial charge on any atom is 0.164 e. The first kappa shape index (κ1) is 27.2. The molecule has 0 spiro atoms. The van der Waals surface area contributed by atoms with Crippen LogP contribution in [0.4, 0.5) is 0 Å². The van der Waals surface area contributed by atoms with Crippen molar-refractivity contribution < 1.29 is 0 Å². The minimum atomic E-state index is 0.204. The first-order chi connectivity index (χ1) is 23.1. The maximum atomic E-state index is 8.71. The molecule has 8 aromatic rings. The number of aromatic nitrogens is 3. The van der Waals surface area contributed by atoms with Crippen LogP contribution in [0.5, 0.6) is 0 Å². The van der Waals surface area contributed by atoms with Crippen molar-refractivity contribution in [3.05, 3.63) is 145 Å². The van der Waals surface area contributed by atoms with Gasteiger partial charge in [-0.1, -0.05) is 109 Å². The van der Waals surface area contributed by atoms with Gasteiger partial charge >= 0.3 is 0 Å². The fourth-order valence-electron chi connectivity index (χ4n) is 6.38. The highest BCUT2D eigenvalue weighted by molar-refractivity contribution is 7.25. The van der Waals surface area contributed by atoms with Gasteiger partial charge in [0.2, 0.25) is 0 Å². The SMILES string of the molecule is N=C1C=Cc2ccc3ccc(-c4nc(-c5cccc(-c6ccccc6)c5)nc(-c5ccc6c(c5)sc5ccccc56)n4)cc3c2C1=N. The van der Waals surface area contributed by atoms with Crippen LogP contribution < -0.4 is 0 Å². The molecule has 0 fully saturated rings. The summed E-state index contributed by atoms with van der Waals surface area (Å²) in [6.07, 6.45) is 3.59. The Bertz CT molecular complexity index is 2620. The molecule has 220 valence electrons. The average molecular weight is 620 g/mol. The van der Waals surface area contributed by atoms with Crippen molar-refractivity contribution in [2.45, 2.75) is 0 Å². The lowest BCUT2D eigenvalue weighted by atomic mass is 9.89. The van der Waals surface area contributed by atoms with Gasteiger partial charge < -0.3 is 0 Å². The molecule has 0 amide bonds. The third-order valence-corrected chi connectivity index (χ3v) is 9.89. The van der Waals surface area contributed by atoms with Crippen molar-refractivity contribution in [2.75, 3.05) is 0 Å². The molecule has 2 N–H and O–H groups in total. The summed E-state index contributed by atoms with van der Waals surface area (Å²) in [4.78, 5) is 15.2. The van der Waals surface area contributed by atoms with Crippen LogP contribution in [0.3, 0.4) is 0 Å². The summed E-state index contributed by atoms with van der Waals surface area (Å²) >= 11 is 1.77. The molecular formula is C41H25N5S. The highest BCUT2D eigenvalue weighted by atomic mass is 32.1. The summed E-state index contributed by atoms with van der Waals surface area (Å²) in [6.45, 7) is 0. The van der Waals surface area contributed by atoms with Gasteiger partial charge in [-0.3, -0.25) is 10.8 Å². The minimum Gasteiger partial charge on any atom is -0.299 e. The van der Waals surface area contributed by atoms with Gasteiger partial charge in [0.1, 0.15) is 0 Å². The largest absolute Gasteiger partial charge is 0.299 e. The molecule has 6 heteroatoms. The Labute approximate surface area is 274 Å². The first-order valence-corrected chi connectivity index (χ1v) is 16.2. The van der Waals surface area contributed by atoms with Gasteiger partial charge in [-0.15, -0.1) is 11.3 Å². The second-order valence-corrected chi connectivity index (χ2v) is 12.7. The fraction of sp³-hybridized carbons (Fsp3) is 0. The van der Waals surface area contributed by atoms with Gasteiger partial charge in [-0.05, 0) is 57.8 Å². The summed E-state index contributed by atoms with van der Waals surface area (Å²) in [7, 11) is 0. The van der Waals surface area contributed by atoms with E-state index < -0.39 is 0 Å². The Morgan fingerprint density at radius 2 is 1.09 bits per heavy atom. The molecule has 0 aliphatic heterocycles. The maximum absolute atomic E-state index is 8.71. The second-order valence-electron chi connectivity index (χ2n) is 11.6. The number of hydrogen-bond acceptors (Lipinski definition) is 6. The van der Waals surface area contributed by atoms with Gasteiger partial charge in [0.15, 0.2) is 17.5 Å². The Morgan fingerprint density at radius 1 is 0.447 bits per heavy atom.